The summed E-state index contributed by atoms with van der Waals surface area (Å²) in [7, 11) is 1.38. The number of aryl methyl sites for hydroxylation is 2. The standard InChI is InChI=1S/C24H30N2O6/c1-13-9-8-10-14(2)20(13)15(3)17(5)31-24(29)16(4)26-23(28)21-22(32-18(6)27)19(30-7)11-12-25-21/h8-12,15-17H,1-7H3,(H,26,28)/t15?,16-,17?/m0/s1. The van der Waals surface area contributed by atoms with E-state index in [1.54, 1.807) is 0 Å². The van der Waals surface area contributed by atoms with E-state index < -0.39 is 30.0 Å². The lowest BCUT2D eigenvalue weighted by Gasteiger charge is -2.25. The summed E-state index contributed by atoms with van der Waals surface area (Å²) in [5, 5.41) is 2.54. The van der Waals surface area contributed by atoms with Gasteiger partial charge in [0.1, 0.15) is 12.1 Å². The minimum Gasteiger partial charge on any atom is -0.493 e. The quantitative estimate of drug-likeness (QED) is 0.624. The number of nitrogens with zero attached hydrogens (tertiary/aromatic N) is 1. The molecular formula is C24H30N2O6. The smallest absolute Gasteiger partial charge is 0.328 e. The van der Waals surface area contributed by atoms with Gasteiger partial charge in [0, 0.05) is 25.1 Å². The van der Waals surface area contributed by atoms with Crippen molar-refractivity contribution in [3.05, 3.63) is 52.8 Å². The van der Waals surface area contributed by atoms with E-state index in [-0.39, 0.29) is 23.1 Å². The average Bonchev–Trinajstić information content (AvgIpc) is 2.72. The van der Waals surface area contributed by atoms with E-state index in [1.807, 2.05) is 45.9 Å². The molecule has 0 aliphatic heterocycles. The van der Waals surface area contributed by atoms with Crippen LogP contribution in [0.25, 0.3) is 0 Å². The fraction of sp³-hybridized carbons (Fsp3) is 0.417. The normalized spacial score (nSPS) is 13.5. The molecule has 2 rings (SSSR count). The molecule has 8 heteroatoms. The second kappa shape index (κ2) is 10.7. The van der Waals surface area contributed by atoms with Crippen molar-refractivity contribution in [2.75, 3.05) is 7.11 Å². The Morgan fingerprint density at radius 2 is 1.66 bits per heavy atom. The minimum absolute atomic E-state index is 0.0290. The van der Waals surface area contributed by atoms with Crippen LogP contribution in [-0.4, -0.2) is 42.1 Å². The monoisotopic (exact) mass is 442 g/mol. The molecule has 1 N–H and O–H groups in total. The molecule has 2 unspecified atom stereocenters. The molecule has 0 radical (unpaired) electrons. The third kappa shape index (κ3) is 5.84. The van der Waals surface area contributed by atoms with Gasteiger partial charge >= 0.3 is 11.9 Å². The van der Waals surface area contributed by atoms with Crippen molar-refractivity contribution in [2.24, 2.45) is 0 Å². The summed E-state index contributed by atoms with van der Waals surface area (Å²) < 4.78 is 15.9. The van der Waals surface area contributed by atoms with Gasteiger partial charge in [0.15, 0.2) is 11.4 Å². The Bertz CT molecular complexity index is 984. The molecule has 8 nitrogen and oxygen atoms in total. The summed E-state index contributed by atoms with van der Waals surface area (Å²) in [5.74, 6) is -1.88. The van der Waals surface area contributed by atoms with Gasteiger partial charge in [-0.2, -0.15) is 0 Å². The summed E-state index contributed by atoms with van der Waals surface area (Å²) in [4.78, 5) is 40.8. The van der Waals surface area contributed by atoms with Gasteiger partial charge in [-0.05, 0) is 44.4 Å². The van der Waals surface area contributed by atoms with Crippen molar-refractivity contribution < 1.29 is 28.6 Å². The third-order valence-corrected chi connectivity index (χ3v) is 5.25. The van der Waals surface area contributed by atoms with Crippen molar-refractivity contribution in [3.8, 4) is 11.5 Å². The maximum absolute atomic E-state index is 12.7. The molecular weight excluding hydrogens is 412 g/mol. The number of nitrogens with one attached hydrogen (secondary N) is 1. The van der Waals surface area contributed by atoms with Gasteiger partial charge in [0.2, 0.25) is 5.75 Å². The van der Waals surface area contributed by atoms with Crippen molar-refractivity contribution in [1.82, 2.24) is 10.3 Å². The van der Waals surface area contributed by atoms with Crippen LogP contribution in [0.1, 0.15) is 60.8 Å². The lowest BCUT2D eigenvalue weighted by molar-refractivity contribution is -0.151. The van der Waals surface area contributed by atoms with Crippen LogP contribution in [0.3, 0.4) is 0 Å². The van der Waals surface area contributed by atoms with Crippen molar-refractivity contribution >= 4 is 17.8 Å². The van der Waals surface area contributed by atoms with Crippen LogP contribution in [0, 0.1) is 13.8 Å². The minimum atomic E-state index is -0.951. The number of esters is 2. The lowest BCUT2D eigenvalue weighted by Crippen LogP contribution is -2.41. The zero-order chi connectivity index (χ0) is 24.0. The third-order valence-electron chi connectivity index (χ3n) is 5.25. The number of aromatic nitrogens is 1. The first-order valence-corrected chi connectivity index (χ1v) is 10.4. The molecule has 2 aromatic rings. The van der Waals surface area contributed by atoms with E-state index in [2.05, 4.69) is 10.3 Å². The summed E-state index contributed by atoms with van der Waals surface area (Å²) in [6.45, 7) is 10.6. The molecule has 0 spiro atoms. The predicted molar refractivity (Wildman–Crippen MR) is 119 cm³/mol. The molecule has 172 valence electrons. The van der Waals surface area contributed by atoms with E-state index >= 15 is 0 Å². The van der Waals surface area contributed by atoms with Crippen LogP contribution in [-0.2, 0) is 14.3 Å². The van der Waals surface area contributed by atoms with Crippen LogP contribution in [0.2, 0.25) is 0 Å². The number of amides is 1. The maximum atomic E-state index is 12.7. The highest BCUT2D eigenvalue weighted by molar-refractivity contribution is 5.98. The van der Waals surface area contributed by atoms with Crippen LogP contribution in [0.15, 0.2) is 30.5 Å². The molecule has 0 aliphatic carbocycles. The first kappa shape index (κ1) is 24.8. The largest absolute Gasteiger partial charge is 0.493 e. The number of methoxy groups -OCH3 is 1. The second-order valence-electron chi connectivity index (χ2n) is 7.72. The van der Waals surface area contributed by atoms with Crippen LogP contribution < -0.4 is 14.8 Å². The number of ether oxygens (including phenoxy) is 3. The van der Waals surface area contributed by atoms with Gasteiger partial charge in [-0.25, -0.2) is 9.78 Å². The van der Waals surface area contributed by atoms with Gasteiger partial charge in [0.25, 0.3) is 5.91 Å². The maximum Gasteiger partial charge on any atom is 0.328 e. The Morgan fingerprint density at radius 3 is 2.22 bits per heavy atom. The molecule has 1 aromatic heterocycles. The van der Waals surface area contributed by atoms with Crippen molar-refractivity contribution in [2.45, 2.75) is 59.6 Å². The van der Waals surface area contributed by atoms with Gasteiger partial charge in [-0.3, -0.25) is 9.59 Å². The lowest BCUT2D eigenvalue weighted by atomic mass is 9.89. The SMILES string of the molecule is COc1ccnc(C(=O)N[C@@H](C)C(=O)OC(C)C(C)c2c(C)cccc2C)c1OC(C)=O. The predicted octanol–water partition coefficient (Wildman–Crippen LogP) is 3.49. The summed E-state index contributed by atoms with van der Waals surface area (Å²) in [6, 6.07) is 6.55. The fourth-order valence-electron chi connectivity index (χ4n) is 3.49. The fourth-order valence-corrected chi connectivity index (χ4v) is 3.49. The molecule has 3 atom stereocenters. The van der Waals surface area contributed by atoms with E-state index in [0.717, 1.165) is 16.7 Å². The highest BCUT2D eigenvalue weighted by Gasteiger charge is 2.27. The Kier molecular flexibility index (Phi) is 8.34. The molecule has 0 saturated heterocycles. The van der Waals surface area contributed by atoms with Crippen molar-refractivity contribution in [1.29, 1.82) is 0 Å². The number of benzene rings is 1. The van der Waals surface area contributed by atoms with E-state index in [1.165, 1.54) is 33.2 Å². The number of hydrogen-bond acceptors (Lipinski definition) is 7. The topological polar surface area (TPSA) is 104 Å². The highest BCUT2D eigenvalue weighted by Crippen LogP contribution is 2.30. The number of pyridine rings is 1. The molecule has 0 fully saturated rings. The second-order valence-corrected chi connectivity index (χ2v) is 7.72. The zero-order valence-corrected chi connectivity index (χ0v) is 19.5. The zero-order valence-electron chi connectivity index (χ0n) is 19.5. The number of rotatable bonds is 8. The van der Waals surface area contributed by atoms with Crippen LogP contribution in [0.4, 0.5) is 0 Å². The van der Waals surface area contributed by atoms with E-state index in [0.29, 0.717) is 0 Å². The van der Waals surface area contributed by atoms with E-state index in [4.69, 9.17) is 14.2 Å². The number of hydrogen-bond donors (Lipinski definition) is 1. The van der Waals surface area contributed by atoms with Crippen LogP contribution in [0.5, 0.6) is 11.5 Å². The summed E-state index contributed by atoms with van der Waals surface area (Å²) in [6.07, 6.45) is 0.936. The van der Waals surface area contributed by atoms with Gasteiger partial charge in [-0.15, -0.1) is 0 Å². The van der Waals surface area contributed by atoms with Crippen molar-refractivity contribution in [3.63, 3.8) is 0 Å². The summed E-state index contributed by atoms with van der Waals surface area (Å²) in [5.41, 5.74) is 3.22. The number of carbonyl (C=O) groups is 3. The Hall–Kier alpha value is -3.42. The molecule has 1 amide bonds. The average molecular weight is 443 g/mol. The van der Waals surface area contributed by atoms with Gasteiger partial charge < -0.3 is 19.5 Å². The molecule has 1 heterocycles. The molecule has 0 aliphatic rings. The van der Waals surface area contributed by atoms with E-state index in [9.17, 15) is 14.4 Å². The Labute approximate surface area is 188 Å². The highest BCUT2D eigenvalue weighted by atomic mass is 16.6. The molecule has 1 aromatic carbocycles. The van der Waals surface area contributed by atoms with Crippen LogP contribution >= 0.6 is 0 Å². The van der Waals surface area contributed by atoms with Gasteiger partial charge in [0.05, 0.1) is 7.11 Å². The Balaban J connectivity index is 2.11. The Morgan fingerprint density at radius 1 is 1.03 bits per heavy atom. The molecule has 0 bridgehead atoms. The molecule has 0 saturated carbocycles. The first-order valence-electron chi connectivity index (χ1n) is 10.4. The number of carbonyl (C=O) groups excluding carboxylic acids is 3. The van der Waals surface area contributed by atoms with Gasteiger partial charge in [-0.1, -0.05) is 25.1 Å². The summed E-state index contributed by atoms with van der Waals surface area (Å²) >= 11 is 0. The first-order chi connectivity index (χ1) is 15.1. The molecule has 32 heavy (non-hydrogen) atoms.